The fourth-order valence-corrected chi connectivity index (χ4v) is 4.81. The van der Waals surface area contributed by atoms with Crippen LogP contribution < -0.4 is 9.62 Å². The van der Waals surface area contributed by atoms with Crippen molar-refractivity contribution in [3.05, 3.63) is 40.9 Å². The van der Waals surface area contributed by atoms with Gasteiger partial charge >= 0.3 is 0 Å². The van der Waals surface area contributed by atoms with E-state index in [1.165, 1.54) is 6.07 Å². The summed E-state index contributed by atoms with van der Waals surface area (Å²) in [6.45, 7) is 1.42. The Morgan fingerprint density at radius 1 is 1.38 bits per heavy atom. The molecule has 1 saturated heterocycles. The van der Waals surface area contributed by atoms with Crippen LogP contribution in [0.1, 0.15) is 6.42 Å². The Labute approximate surface area is 132 Å². The van der Waals surface area contributed by atoms with Crippen molar-refractivity contribution in [3.8, 4) is 0 Å². The Hall–Kier alpha value is -1.15. The predicted molar refractivity (Wildman–Crippen MR) is 84.5 cm³/mol. The van der Waals surface area contributed by atoms with Crippen molar-refractivity contribution in [1.82, 2.24) is 9.71 Å². The van der Waals surface area contributed by atoms with E-state index in [9.17, 15) is 8.42 Å². The average Bonchev–Trinajstić information content (AvgIpc) is 3.09. The van der Waals surface area contributed by atoms with Gasteiger partial charge in [-0.3, -0.25) is 0 Å². The number of benzene rings is 1. The molecule has 112 valence electrons. The van der Waals surface area contributed by atoms with Gasteiger partial charge in [-0.15, -0.1) is 11.3 Å². The van der Waals surface area contributed by atoms with Gasteiger partial charge in [-0.2, -0.15) is 0 Å². The third kappa shape index (κ3) is 3.21. The highest BCUT2D eigenvalue weighted by Gasteiger charge is 2.29. The maximum absolute atomic E-state index is 12.4. The highest BCUT2D eigenvalue weighted by Crippen LogP contribution is 2.25. The van der Waals surface area contributed by atoms with E-state index in [2.05, 4.69) is 14.6 Å². The molecular weight excluding hydrogens is 330 g/mol. The van der Waals surface area contributed by atoms with Crippen LogP contribution in [0.25, 0.3) is 0 Å². The molecule has 1 atom stereocenters. The summed E-state index contributed by atoms with van der Waals surface area (Å²) >= 11 is 7.52. The molecule has 0 spiro atoms. The number of sulfonamides is 1. The highest BCUT2D eigenvalue weighted by atomic mass is 35.5. The summed E-state index contributed by atoms with van der Waals surface area (Å²) in [5.41, 5.74) is 0. The first-order valence-corrected chi connectivity index (χ1v) is 9.21. The summed E-state index contributed by atoms with van der Waals surface area (Å²) in [5, 5.41) is 3.07. The molecule has 2 aromatic rings. The first-order chi connectivity index (χ1) is 10.1. The van der Waals surface area contributed by atoms with Gasteiger partial charge in [-0.1, -0.05) is 23.7 Å². The number of hydrogen-bond acceptors (Lipinski definition) is 5. The lowest BCUT2D eigenvalue weighted by Gasteiger charge is -2.16. The van der Waals surface area contributed by atoms with E-state index in [0.29, 0.717) is 6.54 Å². The molecule has 8 heteroatoms. The molecule has 1 N–H and O–H groups in total. The molecule has 0 aliphatic carbocycles. The van der Waals surface area contributed by atoms with Gasteiger partial charge in [-0.25, -0.2) is 18.1 Å². The minimum atomic E-state index is -3.59. The maximum Gasteiger partial charge on any atom is 0.242 e. The number of aromatic nitrogens is 1. The molecule has 1 unspecified atom stereocenters. The molecule has 21 heavy (non-hydrogen) atoms. The second-order valence-electron chi connectivity index (χ2n) is 4.80. The van der Waals surface area contributed by atoms with Crippen LogP contribution in [0.5, 0.6) is 0 Å². The number of nitrogens with zero attached hydrogens (tertiary/aromatic N) is 2. The zero-order chi connectivity index (χ0) is 14.9. The molecule has 0 amide bonds. The predicted octanol–water partition coefficient (Wildman–Crippen LogP) is 2.35. The fraction of sp³-hybridized carbons (Fsp3) is 0.308. The summed E-state index contributed by atoms with van der Waals surface area (Å²) in [7, 11) is -3.59. The first-order valence-electron chi connectivity index (χ1n) is 6.47. The normalized spacial score (nSPS) is 19.1. The van der Waals surface area contributed by atoms with Gasteiger partial charge in [0.05, 0.1) is 5.02 Å². The molecule has 0 saturated carbocycles. The van der Waals surface area contributed by atoms with Gasteiger partial charge < -0.3 is 4.90 Å². The maximum atomic E-state index is 12.4. The van der Waals surface area contributed by atoms with Crippen molar-refractivity contribution < 1.29 is 8.42 Å². The number of hydrogen-bond donors (Lipinski definition) is 1. The summed E-state index contributed by atoms with van der Waals surface area (Å²) in [5.74, 6) is 0. The third-order valence-corrected chi connectivity index (χ3v) is 6.18. The number of nitrogens with one attached hydrogen (secondary N) is 1. The largest absolute Gasteiger partial charge is 0.346 e. The second kappa shape index (κ2) is 5.92. The molecule has 1 aromatic heterocycles. The zero-order valence-electron chi connectivity index (χ0n) is 11.1. The SMILES string of the molecule is O=S(=O)(NC1CCN(c2nccs2)C1)c1ccccc1Cl. The molecule has 1 aromatic carbocycles. The quantitative estimate of drug-likeness (QED) is 0.925. The van der Waals surface area contributed by atoms with Crippen molar-refractivity contribution in [1.29, 1.82) is 0 Å². The number of halogens is 1. The lowest BCUT2D eigenvalue weighted by molar-refractivity contribution is 0.561. The standard InChI is InChI=1S/C13H14ClN3O2S2/c14-11-3-1-2-4-12(11)21(18,19)16-10-5-7-17(9-10)13-15-6-8-20-13/h1-4,6,8,10,16H,5,7,9H2. The lowest BCUT2D eigenvalue weighted by atomic mass is 10.3. The van der Waals surface area contributed by atoms with Crippen molar-refractivity contribution in [2.45, 2.75) is 17.4 Å². The topological polar surface area (TPSA) is 62.3 Å². The molecule has 2 heterocycles. The van der Waals surface area contributed by atoms with Crippen molar-refractivity contribution in [3.63, 3.8) is 0 Å². The van der Waals surface area contributed by atoms with Gasteiger partial charge in [0.2, 0.25) is 10.0 Å². The van der Waals surface area contributed by atoms with Crippen LogP contribution in [0.15, 0.2) is 40.7 Å². The van der Waals surface area contributed by atoms with Crippen LogP contribution in [-0.2, 0) is 10.0 Å². The van der Waals surface area contributed by atoms with E-state index in [4.69, 9.17) is 11.6 Å². The monoisotopic (exact) mass is 343 g/mol. The Bertz CT molecular complexity index is 719. The summed E-state index contributed by atoms with van der Waals surface area (Å²) in [6, 6.07) is 6.33. The Morgan fingerprint density at radius 2 is 2.19 bits per heavy atom. The molecule has 1 aliphatic heterocycles. The van der Waals surface area contributed by atoms with Crippen molar-refractivity contribution in [2.75, 3.05) is 18.0 Å². The van der Waals surface area contributed by atoms with Crippen LogP contribution in [0.4, 0.5) is 5.13 Å². The van der Waals surface area contributed by atoms with Gasteiger partial charge in [0.1, 0.15) is 4.90 Å². The molecule has 1 fully saturated rings. The third-order valence-electron chi connectivity index (χ3n) is 3.33. The van der Waals surface area contributed by atoms with Gasteiger partial charge in [0, 0.05) is 30.7 Å². The molecule has 0 bridgehead atoms. The van der Waals surface area contributed by atoms with Gasteiger partial charge in [-0.05, 0) is 18.6 Å². The summed E-state index contributed by atoms with van der Waals surface area (Å²) < 4.78 is 27.5. The van der Waals surface area contributed by atoms with Crippen LogP contribution >= 0.6 is 22.9 Å². The zero-order valence-corrected chi connectivity index (χ0v) is 13.5. The highest BCUT2D eigenvalue weighted by molar-refractivity contribution is 7.89. The molecular formula is C13H14ClN3O2S2. The summed E-state index contributed by atoms with van der Waals surface area (Å²) in [4.78, 5) is 6.46. The number of thiazole rings is 1. The second-order valence-corrected chi connectivity index (χ2v) is 7.76. The molecule has 3 rings (SSSR count). The van der Waals surface area contributed by atoms with E-state index >= 15 is 0 Å². The molecule has 5 nitrogen and oxygen atoms in total. The van der Waals surface area contributed by atoms with Crippen molar-refractivity contribution in [2.24, 2.45) is 0 Å². The first kappa shape index (κ1) is 14.8. The smallest absolute Gasteiger partial charge is 0.242 e. The van der Waals surface area contributed by atoms with Crippen LogP contribution in [0.2, 0.25) is 5.02 Å². The van der Waals surface area contributed by atoms with Gasteiger partial charge in [0.25, 0.3) is 0 Å². The van der Waals surface area contributed by atoms with E-state index in [1.807, 2.05) is 5.38 Å². The minimum absolute atomic E-state index is 0.124. The van der Waals surface area contributed by atoms with Gasteiger partial charge in [0.15, 0.2) is 5.13 Å². The van der Waals surface area contributed by atoms with Crippen LogP contribution in [0, 0.1) is 0 Å². The number of anilines is 1. The summed E-state index contributed by atoms with van der Waals surface area (Å²) in [6.07, 6.45) is 2.50. The lowest BCUT2D eigenvalue weighted by Crippen LogP contribution is -2.37. The van der Waals surface area contributed by atoms with E-state index < -0.39 is 10.0 Å². The van der Waals surface area contributed by atoms with E-state index in [1.54, 1.807) is 35.7 Å². The van der Waals surface area contributed by atoms with Crippen molar-refractivity contribution >= 4 is 38.1 Å². The Balaban J connectivity index is 1.71. The molecule has 0 radical (unpaired) electrons. The molecule has 1 aliphatic rings. The Morgan fingerprint density at radius 3 is 2.90 bits per heavy atom. The van der Waals surface area contributed by atoms with Crippen LogP contribution in [0.3, 0.4) is 0 Å². The van der Waals surface area contributed by atoms with Crippen LogP contribution in [-0.4, -0.2) is 32.5 Å². The average molecular weight is 344 g/mol. The minimum Gasteiger partial charge on any atom is -0.346 e. The van der Waals surface area contributed by atoms with E-state index in [-0.39, 0.29) is 16.0 Å². The fourth-order valence-electron chi connectivity index (χ4n) is 2.35. The van der Waals surface area contributed by atoms with E-state index in [0.717, 1.165) is 18.1 Å². The number of rotatable bonds is 4. The Kier molecular flexibility index (Phi) is 4.17.